The van der Waals surface area contributed by atoms with Gasteiger partial charge in [-0.3, -0.25) is 4.79 Å². The lowest BCUT2D eigenvalue weighted by atomic mass is 9.76. The lowest BCUT2D eigenvalue weighted by Gasteiger charge is -2.35. The van der Waals surface area contributed by atoms with Crippen LogP contribution in [0.4, 0.5) is 0 Å². The topological polar surface area (TPSA) is 70.6 Å². The normalized spacial score (nSPS) is 18.6. The highest BCUT2D eigenvalue weighted by molar-refractivity contribution is 5.82. The van der Waals surface area contributed by atoms with Gasteiger partial charge in [-0.15, -0.1) is 0 Å². The van der Waals surface area contributed by atoms with Crippen LogP contribution in [-0.2, 0) is 9.53 Å². The third-order valence-corrected chi connectivity index (χ3v) is 3.71. The maximum Gasteiger partial charge on any atom is 0.226 e. The monoisotopic (exact) mass is 258 g/mol. The second-order valence-corrected chi connectivity index (χ2v) is 4.83. The Morgan fingerprint density at radius 1 is 1.39 bits per heavy atom. The number of carbonyl (C=O) groups excluding carboxylic acids is 1. The van der Waals surface area contributed by atoms with Gasteiger partial charge in [0, 0.05) is 13.2 Å². The maximum absolute atomic E-state index is 12.2. The van der Waals surface area contributed by atoms with E-state index in [-0.39, 0.29) is 17.9 Å². The van der Waals surface area contributed by atoms with Crippen molar-refractivity contribution in [2.45, 2.75) is 32.6 Å². The van der Waals surface area contributed by atoms with Gasteiger partial charge in [0.25, 0.3) is 0 Å². The third-order valence-electron chi connectivity index (χ3n) is 3.71. The fourth-order valence-corrected chi connectivity index (χ4v) is 2.38. The molecule has 0 atom stereocenters. The molecule has 0 aliphatic carbocycles. The Balaban J connectivity index is 2.21. The molecule has 1 heterocycles. The highest BCUT2D eigenvalue weighted by Crippen LogP contribution is 2.32. The average molecular weight is 258 g/mol. The summed E-state index contributed by atoms with van der Waals surface area (Å²) in [6, 6.07) is 0. The van der Waals surface area contributed by atoms with E-state index < -0.39 is 0 Å². The van der Waals surface area contributed by atoms with Crippen LogP contribution >= 0.6 is 0 Å². The van der Waals surface area contributed by atoms with E-state index >= 15 is 0 Å². The van der Waals surface area contributed by atoms with Crippen molar-refractivity contribution in [2.24, 2.45) is 5.41 Å². The fourth-order valence-electron chi connectivity index (χ4n) is 2.38. The number of carbonyl (C=O) groups is 1. The zero-order valence-corrected chi connectivity index (χ0v) is 11.3. The molecule has 0 spiro atoms. The lowest BCUT2D eigenvalue weighted by molar-refractivity contribution is -0.132. The molecule has 0 saturated carbocycles. The quantitative estimate of drug-likeness (QED) is 0.547. The van der Waals surface area contributed by atoms with E-state index in [1.54, 1.807) is 0 Å². The van der Waals surface area contributed by atoms with Crippen LogP contribution in [0.3, 0.4) is 0 Å². The summed E-state index contributed by atoms with van der Waals surface area (Å²) in [5, 5.41) is 14.9. The predicted octanol–water partition coefficient (Wildman–Crippen LogP) is 0.281. The molecule has 1 aliphatic rings. The second kappa shape index (κ2) is 8.45. The van der Waals surface area contributed by atoms with Gasteiger partial charge >= 0.3 is 0 Å². The first-order valence-electron chi connectivity index (χ1n) is 6.93. The summed E-state index contributed by atoms with van der Waals surface area (Å²) in [6.07, 6.45) is 3.55. The Hall–Kier alpha value is -0.650. The van der Waals surface area contributed by atoms with Crippen LogP contribution in [-0.4, -0.2) is 50.5 Å². The SMILES string of the molecule is CCC1(C(=O)NCCCOCCO)CCNCC1. The van der Waals surface area contributed by atoms with Crippen molar-refractivity contribution in [3.63, 3.8) is 0 Å². The molecule has 18 heavy (non-hydrogen) atoms. The van der Waals surface area contributed by atoms with Crippen LogP contribution < -0.4 is 10.6 Å². The van der Waals surface area contributed by atoms with Crippen molar-refractivity contribution in [1.82, 2.24) is 10.6 Å². The molecule has 1 fully saturated rings. The van der Waals surface area contributed by atoms with E-state index in [0.29, 0.717) is 19.8 Å². The number of piperidine rings is 1. The summed E-state index contributed by atoms with van der Waals surface area (Å²) in [7, 11) is 0. The Labute approximate surface area is 109 Å². The standard InChI is InChI=1S/C13H26N2O3/c1-2-13(4-7-14-8-5-13)12(17)15-6-3-10-18-11-9-16/h14,16H,2-11H2,1H3,(H,15,17). The molecule has 0 bridgehead atoms. The molecule has 0 radical (unpaired) electrons. The van der Waals surface area contributed by atoms with E-state index in [4.69, 9.17) is 9.84 Å². The van der Waals surface area contributed by atoms with Gasteiger partial charge in [-0.25, -0.2) is 0 Å². The van der Waals surface area contributed by atoms with Gasteiger partial charge in [0.2, 0.25) is 5.91 Å². The van der Waals surface area contributed by atoms with Gasteiger partial charge in [0.15, 0.2) is 0 Å². The smallest absolute Gasteiger partial charge is 0.226 e. The van der Waals surface area contributed by atoms with Gasteiger partial charge < -0.3 is 20.5 Å². The molecule has 0 aromatic heterocycles. The van der Waals surface area contributed by atoms with Gasteiger partial charge in [0.05, 0.1) is 18.6 Å². The number of ether oxygens (including phenoxy) is 1. The van der Waals surface area contributed by atoms with Gasteiger partial charge in [-0.05, 0) is 38.8 Å². The molecule has 1 aliphatic heterocycles. The number of amides is 1. The van der Waals surface area contributed by atoms with E-state index in [1.807, 2.05) is 0 Å². The zero-order chi connectivity index (χ0) is 13.3. The van der Waals surface area contributed by atoms with Crippen molar-refractivity contribution < 1.29 is 14.6 Å². The fraction of sp³-hybridized carbons (Fsp3) is 0.923. The van der Waals surface area contributed by atoms with Crippen molar-refractivity contribution in [3.05, 3.63) is 0 Å². The van der Waals surface area contributed by atoms with Crippen molar-refractivity contribution in [2.75, 3.05) is 39.5 Å². The van der Waals surface area contributed by atoms with E-state index in [2.05, 4.69) is 17.6 Å². The van der Waals surface area contributed by atoms with Crippen molar-refractivity contribution in [1.29, 1.82) is 0 Å². The highest BCUT2D eigenvalue weighted by Gasteiger charge is 2.37. The highest BCUT2D eigenvalue weighted by atomic mass is 16.5. The van der Waals surface area contributed by atoms with Crippen LogP contribution in [0.25, 0.3) is 0 Å². The summed E-state index contributed by atoms with van der Waals surface area (Å²) in [5.41, 5.74) is -0.169. The molecule has 1 rings (SSSR count). The molecule has 0 aromatic rings. The molecule has 0 unspecified atom stereocenters. The minimum absolute atomic E-state index is 0.0539. The van der Waals surface area contributed by atoms with Gasteiger partial charge in [-0.1, -0.05) is 6.92 Å². The van der Waals surface area contributed by atoms with Gasteiger partial charge in [-0.2, -0.15) is 0 Å². The number of hydrogen-bond acceptors (Lipinski definition) is 4. The number of aliphatic hydroxyl groups is 1. The van der Waals surface area contributed by atoms with E-state index in [0.717, 1.165) is 38.8 Å². The van der Waals surface area contributed by atoms with Crippen LogP contribution in [0.1, 0.15) is 32.6 Å². The van der Waals surface area contributed by atoms with E-state index in [9.17, 15) is 4.79 Å². The molecule has 1 saturated heterocycles. The van der Waals surface area contributed by atoms with Crippen LogP contribution in [0.5, 0.6) is 0 Å². The Morgan fingerprint density at radius 3 is 2.72 bits per heavy atom. The lowest BCUT2D eigenvalue weighted by Crippen LogP contribution is -2.47. The Bertz CT molecular complexity index is 240. The predicted molar refractivity (Wildman–Crippen MR) is 70.4 cm³/mol. The average Bonchev–Trinajstić information content (AvgIpc) is 2.43. The van der Waals surface area contributed by atoms with E-state index in [1.165, 1.54) is 0 Å². The minimum Gasteiger partial charge on any atom is -0.394 e. The number of rotatable bonds is 8. The molecule has 3 N–H and O–H groups in total. The van der Waals surface area contributed by atoms with Gasteiger partial charge in [0.1, 0.15) is 0 Å². The largest absolute Gasteiger partial charge is 0.394 e. The first kappa shape index (κ1) is 15.4. The summed E-state index contributed by atoms with van der Waals surface area (Å²) < 4.78 is 5.15. The number of hydrogen-bond donors (Lipinski definition) is 3. The molecular formula is C13H26N2O3. The summed E-state index contributed by atoms with van der Waals surface area (Å²) >= 11 is 0. The number of nitrogens with one attached hydrogen (secondary N) is 2. The molecule has 5 nitrogen and oxygen atoms in total. The molecule has 5 heteroatoms. The third kappa shape index (κ3) is 4.55. The molecule has 1 amide bonds. The number of aliphatic hydroxyl groups excluding tert-OH is 1. The summed E-state index contributed by atoms with van der Waals surface area (Å²) in [5.74, 6) is 0.189. The molecule has 0 aromatic carbocycles. The minimum atomic E-state index is -0.169. The van der Waals surface area contributed by atoms with Crippen LogP contribution in [0.15, 0.2) is 0 Å². The van der Waals surface area contributed by atoms with Crippen molar-refractivity contribution >= 4 is 5.91 Å². The second-order valence-electron chi connectivity index (χ2n) is 4.83. The molecule has 106 valence electrons. The first-order chi connectivity index (χ1) is 8.75. The summed E-state index contributed by atoms with van der Waals surface area (Å²) in [4.78, 5) is 12.2. The Kier molecular flexibility index (Phi) is 7.23. The maximum atomic E-state index is 12.2. The summed E-state index contributed by atoms with van der Waals surface area (Å²) in [6.45, 7) is 5.62. The van der Waals surface area contributed by atoms with Crippen LogP contribution in [0, 0.1) is 5.41 Å². The zero-order valence-electron chi connectivity index (χ0n) is 11.3. The van der Waals surface area contributed by atoms with Crippen molar-refractivity contribution in [3.8, 4) is 0 Å². The first-order valence-corrected chi connectivity index (χ1v) is 6.93. The Morgan fingerprint density at radius 2 is 2.11 bits per heavy atom. The van der Waals surface area contributed by atoms with Crippen LogP contribution in [0.2, 0.25) is 0 Å². The molecular weight excluding hydrogens is 232 g/mol.